The first-order valence-electron chi connectivity index (χ1n) is 8.58. The van der Waals surface area contributed by atoms with Gasteiger partial charge in [0.25, 0.3) is 5.91 Å². The molecule has 1 saturated heterocycles. The Hall–Kier alpha value is -2.02. The first-order chi connectivity index (χ1) is 11.9. The molecule has 2 aromatic rings. The van der Waals surface area contributed by atoms with Crippen molar-refractivity contribution in [3.8, 4) is 0 Å². The second-order valence-corrected chi connectivity index (χ2v) is 9.30. The van der Waals surface area contributed by atoms with Gasteiger partial charge in [-0.1, -0.05) is 13.8 Å². The average molecular weight is 361 g/mol. The van der Waals surface area contributed by atoms with E-state index < -0.39 is 9.84 Å². The van der Waals surface area contributed by atoms with Gasteiger partial charge in [-0.15, -0.1) is 0 Å². The molecule has 0 N–H and O–H groups in total. The Labute approximate surface area is 148 Å². The number of aromatic nitrogens is 2. The van der Waals surface area contributed by atoms with E-state index >= 15 is 0 Å². The van der Waals surface area contributed by atoms with Gasteiger partial charge in [-0.3, -0.25) is 14.8 Å². The number of carbonyl (C=O) groups is 1. The number of piperidine rings is 1. The van der Waals surface area contributed by atoms with Crippen LogP contribution in [0.25, 0.3) is 11.0 Å². The molecule has 134 valence electrons. The fourth-order valence-corrected chi connectivity index (χ4v) is 5.43. The van der Waals surface area contributed by atoms with Crippen LogP contribution in [0.1, 0.15) is 37.0 Å². The number of carbonyl (C=O) groups excluding carboxylic acids is 1. The molecule has 2 heterocycles. The van der Waals surface area contributed by atoms with Gasteiger partial charge in [-0.2, -0.15) is 0 Å². The first kappa shape index (κ1) is 17.8. The maximum absolute atomic E-state index is 12.7. The monoisotopic (exact) mass is 361 g/mol. The van der Waals surface area contributed by atoms with Crippen molar-refractivity contribution in [3.05, 3.63) is 36.2 Å². The van der Waals surface area contributed by atoms with Crippen molar-refractivity contribution in [2.24, 2.45) is 5.92 Å². The summed E-state index contributed by atoms with van der Waals surface area (Å²) >= 11 is 0. The van der Waals surface area contributed by atoms with Gasteiger partial charge in [0.15, 0.2) is 9.84 Å². The summed E-state index contributed by atoms with van der Waals surface area (Å²) < 4.78 is 24.7. The number of fused-ring (bicyclic) bond motifs is 1. The first-order valence-corrected chi connectivity index (χ1v) is 10.3. The summed E-state index contributed by atoms with van der Waals surface area (Å²) in [6.07, 6.45) is 4.23. The molecule has 25 heavy (non-hydrogen) atoms. The SMILES string of the molecule is CC(C)CS(=O)(=O)C1CCN(C(=O)c2ccc3nccnc3c2)CC1. The molecule has 1 aromatic heterocycles. The van der Waals surface area contributed by atoms with Gasteiger partial charge in [0.05, 0.1) is 22.0 Å². The standard InChI is InChI=1S/C18H23N3O3S/c1-13(2)12-25(23,24)15-5-9-21(10-6-15)18(22)14-3-4-16-17(11-14)20-8-7-19-16/h3-4,7-8,11,13,15H,5-6,9-10,12H2,1-2H3. The summed E-state index contributed by atoms with van der Waals surface area (Å²) in [5.74, 6) is 0.269. The van der Waals surface area contributed by atoms with Crippen molar-refractivity contribution in [2.45, 2.75) is 31.9 Å². The van der Waals surface area contributed by atoms with Crippen LogP contribution in [0.15, 0.2) is 30.6 Å². The smallest absolute Gasteiger partial charge is 0.253 e. The Morgan fingerprint density at radius 3 is 2.44 bits per heavy atom. The number of rotatable bonds is 4. The summed E-state index contributed by atoms with van der Waals surface area (Å²) in [6.45, 7) is 4.77. The van der Waals surface area contributed by atoms with E-state index in [-0.39, 0.29) is 22.8 Å². The second-order valence-electron chi connectivity index (χ2n) is 6.97. The normalized spacial score (nSPS) is 16.5. The molecule has 7 heteroatoms. The Bertz CT molecular complexity index is 872. The summed E-state index contributed by atoms with van der Waals surface area (Å²) in [5.41, 5.74) is 2.00. The molecule has 1 aromatic carbocycles. The Kier molecular flexibility index (Phi) is 5.03. The number of benzene rings is 1. The minimum atomic E-state index is -3.08. The molecule has 0 aliphatic carbocycles. The van der Waals surface area contributed by atoms with Gasteiger partial charge >= 0.3 is 0 Å². The molecular formula is C18H23N3O3S. The van der Waals surface area contributed by atoms with Crippen molar-refractivity contribution in [2.75, 3.05) is 18.8 Å². The summed E-state index contributed by atoms with van der Waals surface area (Å²) in [6, 6.07) is 5.28. The van der Waals surface area contributed by atoms with Gasteiger partial charge in [0.2, 0.25) is 0 Å². The molecule has 0 bridgehead atoms. The van der Waals surface area contributed by atoms with Crippen LogP contribution in [0.5, 0.6) is 0 Å². The quantitative estimate of drug-likeness (QED) is 0.835. The van der Waals surface area contributed by atoms with Gasteiger partial charge in [0, 0.05) is 31.0 Å². The van der Waals surface area contributed by atoms with Crippen molar-refractivity contribution in [1.82, 2.24) is 14.9 Å². The predicted molar refractivity (Wildman–Crippen MR) is 97.1 cm³/mol. The molecule has 1 fully saturated rings. The third kappa shape index (κ3) is 3.98. The van der Waals surface area contributed by atoms with Crippen molar-refractivity contribution in [3.63, 3.8) is 0 Å². The summed E-state index contributed by atoms with van der Waals surface area (Å²) in [4.78, 5) is 22.9. The second kappa shape index (κ2) is 7.07. The van der Waals surface area contributed by atoms with Gasteiger partial charge in [-0.25, -0.2) is 8.42 Å². The van der Waals surface area contributed by atoms with E-state index in [0.717, 1.165) is 5.52 Å². The van der Waals surface area contributed by atoms with Crippen LogP contribution < -0.4 is 0 Å². The molecule has 0 unspecified atom stereocenters. The van der Waals surface area contributed by atoms with E-state index in [2.05, 4.69) is 9.97 Å². The third-order valence-electron chi connectivity index (χ3n) is 4.52. The van der Waals surface area contributed by atoms with Gasteiger partial charge < -0.3 is 4.90 Å². The largest absolute Gasteiger partial charge is 0.339 e. The van der Waals surface area contributed by atoms with Gasteiger partial charge in [0.1, 0.15) is 0 Å². The molecule has 0 atom stereocenters. The highest BCUT2D eigenvalue weighted by Gasteiger charge is 2.32. The van der Waals surface area contributed by atoms with E-state index in [0.29, 0.717) is 37.0 Å². The fraction of sp³-hybridized carbons (Fsp3) is 0.500. The molecule has 0 saturated carbocycles. The van der Waals surface area contributed by atoms with Crippen LogP contribution in [0.4, 0.5) is 0 Å². The van der Waals surface area contributed by atoms with Crippen LogP contribution in [0, 0.1) is 5.92 Å². The van der Waals surface area contributed by atoms with E-state index in [9.17, 15) is 13.2 Å². The molecule has 1 amide bonds. The zero-order chi connectivity index (χ0) is 18.0. The van der Waals surface area contributed by atoms with E-state index in [4.69, 9.17) is 0 Å². The number of nitrogens with zero attached hydrogens (tertiary/aromatic N) is 3. The maximum atomic E-state index is 12.7. The molecule has 1 aliphatic rings. The number of hydrogen-bond donors (Lipinski definition) is 0. The third-order valence-corrected chi connectivity index (χ3v) is 7.14. The molecular weight excluding hydrogens is 338 g/mol. The number of hydrogen-bond acceptors (Lipinski definition) is 5. The molecule has 0 spiro atoms. The zero-order valence-electron chi connectivity index (χ0n) is 14.6. The topological polar surface area (TPSA) is 80.2 Å². The van der Waals surface area contributed by atoms with Crippen LogP contribution >= 0.6 is 0 Å². The Morgan fingerprint density at radius 1 is 1.16 bits per heavy atom. The van der Waals surface area contributed by atoms with Crippen LogP contribution in [-0.2, 0) is 9.84 Å². The maximum Gasteiger partial charge on any atom is 0.253 e. The van der Waals surface area contributed by atoms with Crippen molar-refractivity contribution in [1.29, 1.82) is 0 Å². The van der Waals surface area contributed by atoms with Crippen LogP contribution in [0.3, 0.4) is 0 Å². The van der Waals surface area contributed by atoms with Crippen molar-refractivity contribution < 1.29 is 13.2 Å². The molecule has 6 nitrogen and oxygen atoms in total. The molecule has 1 aliphatic heterocycles. The molecule has 3 rings (SSSR count). The highest BCUT2D eigenvalue weighted by atomic mass is 32.2. The number of sulfone groups is 1. The van der Waals surface area contributed by atoms with E-state index in [1.165, 1.54) is 0 Å². The van der Waals surface area contributed by atoms with Gasteiger partial charge in [-0.05, 0) is 37.0 Å². The minimum absolute atomic E-state index is 0.0766. The highest BCUT2D eigenvalue weighted by molar-refractivity contribution is 7.92. The lowest BCUT2D eigenvalue weighted by Gasteiger charge is -2.32. The Morgan fingerprint density at radius 2 is 1.80 bits per heavy atom. The lowest BCUT2D eigenvalue weighted by Crippen LogP contribution is -2.43. The summed E-state index contributed by atoms with van der Waals surface area (Å²) in [5, 5.41) is -0.332. The fourth-order valence-electron chi connectivity index (χ4n) is 3.30. The predicted octanol–water partition coefficient (Wildman–Crippen LogP) is 2.31. The van der Waals surface area contributed by atoms with E-state index in [1.807, 2.05) is 13.8 Å². The van der Waals surface area contributed by atoms with Crippen LogP contribution in [-0.4, -0.2) is 53.3 Å². The zero-order valence-corrected chi connectivity index (χ0v) is 15.4. The van der Waals surface area contributed by atoms with Crippen molar-refractivity contribution >= 4 is 26.8 Å². The number of likely N-dealkylation sites (tertiary alicyclic amines) is 1. The molecule has 0 radical (unpaired) electrons. The lowest BCUT2D eigenvalue weighted by atomic mass is 10.1. The number of amides is 1. The van der Waals surface area contributed by atoms with Crippen LogP contribution in [0.2, 0.25) is 0 Å². The highest BCUT2D eigenvalue weighted by Crippen LogP contribution is 2.22. The Balaban J connectivity index is 1.68. The minimum Gasteiger partial charge on any atom is -0.339 e. The lowest BCUT2D eigenvalue weighted by molar-refractivity contribution is 0.0725. The van der Waals surface area contributed by atoms with E-state index in [1.54, 1.807) is 35.5 Å². The average Bonchev–Trinajstić information content (AvgIpc) is 2.60. The summed E-state index contributed by atoms with van der Waals surface area (Å²) in [7, 11) is -3.08.